The van der Waals surface area contributed by atoms with Crippen molar-refractivity contribution >= 4 is 12.2 Å². The van der Waals surface area contributed by atoms with E-state index in [1.807, 2.05) is 0 Å². The molecule has 0 atom stereocenters. The summed E-state index contributed by atoms with van der Waals surface area (Å²) in [7, 11) is 0. The van der Waals surface area contributed by atoms with Gasteiger partial charge in [0.25, 0.3) is 5.91 Å². The first-order chi connectivity index (χ1) is 7.81. The zero-order valence-electron chi connectivity index (χ0n) is 8.21. The molecule has 0 radical (unpaired) electrons. The van der Waals surface area contributed by atoms with E-state index in [4.69, 9.17) is 11.0 Å². The molecule has 1 aromatic rings. The van der Waals surface area contributed by atoms with Crippen molar-refractivity contribution in [3.8, 4) is 6.07 Å². The fraction of sp³-hybridized carbons (Fsp3) is 0.100. The highest BCUT2D eigenvalue weighted by atomic mass is 19.4. The minimum absolute atomic E-state index is 0.154. The predicted molar refractivity (Wildman–Crippen MR) is 50.1 cm³/mol. The summed E-state index contributed by atoms with van der Waals surface area (Å²) in [6, 6.07) is 2.76. The molecular weight excluding hydrogens is 237 g/mol. The summed E-state index contributed by atoms with van der Waals surface area (Å²) >= 11 is 0. The lowest BCUT2D eigenvalue weighted by molar-refractivity contribution is -0.137. The molecule has 0 fully saturated rings. The maximum Gasteiger partial charge on any atom is 0.417 e. The van der Waals surface area contributed by atoms with Gasteiger partial charge in [-0.2, -0.15) is 18.4 Å². The van der Waals surface area contributed by atoms with Gasteiger partial charge in [0.1, 0.15) is 6.29 Å². The Morgan fingerprint density at radius 3 is 2.35 bits per heavy atom. The van der Waals surface area contributed by atoms with Crippen molar-refractivity contribution in [3.05, 3.63) is 34.4 Å². The molecule has 1 rings (SSSR count). The molecule has 0 aliphatic heterocycles. The Morgan fingerprint density at radius 1 is 1.41 bits per heavy atom. The fourth-order valence-corrected chi connectivity index (χ4v) is 1.31. The maximum absolute atomic E-state index is 12.6. The third-order valence-electron chi connectivity index (χ3n) is 1.97. The Balaban J connectivity index is 3.72. The summed E-state index contributed by atoms with van der Waals surface area (Å²) in [6.45, 7) is 0. The Labute approximate surface area is 93.4 Å². The molecule has 0 bridgehead atoms. The van der Waals surface area contributed by atoms with Crippen molar-refractivity contribution in [2.45, 2.75) is 6.18 Å². The molecule has 0 saturated carbocycles. The molecule has 1 aromatic carbocycles. The van der Waals surface area contributed by atoms with Crippen molar-refractivity contribution in [1.82, 2.24) is 0 Å². The molecule has 7 heteroatoms. The van der Waals surface area contributed by atoms with Crippen LogP contribution in [0.2, 0.25) is 0 Å². The van der Waals surface area contributed by atoms with Crippen LogP contribution in [0.5, 0.6) is 0 Å². The van der Waals surface area contributed by atoms with E-state index in [2.05, 4.69) is 0 Å². The van der Waals surface area contributed by atoms with Crippen molar-refractivity contribution in [2.24, 2.45) is 5.73 Å². The van der Waals surface area contributed by atoms with E-state index >= 15 is 0 Å². The molecule has 1 amide bonds. The van der Waals surface area contributed by atoms with Crippen LogP contribution in [-0.2, 0) is 6.18 Å². The van der Waals surface area contributed by atoms with Gasteiger partial charge in [-0.05, 0) is 12.1 Å². The summed E-state index contributed by atoms with van der Waals surface area (Å²) < 4.78 is 37.8. The molecule has 2 N–H and O–H groups in total. The Hall–Kier alpha value is -2.36. The van der Waals surface area contributed by atoms with Crippen molar-refractivity contribution in [2.75, 3.05) is 0 Å². The van der Waals surface area contributed by atoms with Crippen LogP contribution in [0.4, 0.5) is 13.2 Å². The largest absolute Gasteiger partial charge is 0.417 e. The smallest absolute Gasteiger partial charge is 0.366 e. The van der Waals surface area contributed by atoms with Crippen LogP contribution < -0.4 is 5.73 Å². The van der Waals surface area contributed by atoms with Gasteiger partial charge >= 0.3 is 6.18 Å². The average Bonchev–Trinajstić information content (AvgIpc) is 2.25. The van der Waals surface area contributed by atoms with Gasteiger partial charge < -0.3 is 5.73 Å². The normalized spacial score (nSPS) is 10.7. The van der Waals surface area contributed by atoms with Gasteiger partial charge in [-0.3, -0.25) is 9.59 Å². The summed E-state index contributed by atoms with van der Waals surface area (Å²) in [5.74, 6) is -1.37. The molecule has 0 spiro atoms. The SMILES string of the molecule is N#Cc1cc(C=O)cc(C(F)(F)F)c1C(N)=O. The number of benzene rings is 1. The molecule has 17 heavy (non-hydrogen) atoms. The van der Waals surface area contributed by atoms with Gasteiger partial charge in [0.05, 0.1) is 22.8 Å². The van der Waals surface area contributed by atoms with E-state index in [-0.39, 0.29) is 11.8 Å². The number of carbonyl (C=O) groups excluding carboxylic acids is 2. The molecule has 0 saturated heterocycles. The Morgan fingerprint density at radius 2 is 2.00 bits per heavy atom. The number of nitrogens with two attached hydrogens (primary N) is 1. The number of halogens is 3. The molecule has 4 nitrogen and oxygen atoms in total. The zero-order valence-corrected chi connectivity index (χ0v) is 8.21. The third kappa shape index (κ3) is 2.42. The molecule has 0 aromatic heterocycles. The van der Waals surface area contributed by atoms with Crippen molar-refractivity contribution in [1.29, 1.82) is 5.26 Å². The number of aldehydes is 1. The van der Waals surface area contributed by atoms with E-state index in [0.717, 1.165) is 6.07 Å². The van der Waals surface area contributed by atoms with Gasteiger partial charge in [0.15, 0.2) is 0 Å². The number of primary amides is 1. The van der Waals surface area contributed by atoms with Crippen LogP contribution in [0.25, 0.3) is 0 Å². The second kappa shape index (κ2) is 4.25. The first kappa shape index (κ1) is 12.7. The van der Waals surface area contributed by atoms with Gasteiger partial charge in [0, 0.05) is 5.56 Å². The number of amides is 1. The molecule has 0 aliphatic rings. The number of rotatable bonds is 2. The Kier molecular flexibility index (Phi) is 3.18. The highest BCUT2D eigenvalue weighted by molar-refractivity contribution is 5.98. The number of nitriles is 1. The summed E-state index contributed by atoms with van der Waals surface area (Å²) in [5.41, 5.74) is 1.57. The molecule has 0 aliphatic carbocycles. The van der Waals surface area contributed by atoms with Gasteiger partial charge in [-0.25, -0.2) is 0 Å². The van der Waals surface area contributed by atoms with E-state index in [1.165, 1.54) is 6.07 Å². The third-order valence-corrected chi connectivity index (χ3v) is 1.97. The lowest BCUT2D eigenvalue weighted by atomic mass is 9.97. The highest BCUT2D eigenvalue weighted by Gasteiger charge is 2.36. The van der Waals surface area contributed by atoms with Gasteiger partial charge in [-0.15, -0.1) is 0 Å². The van der Waals surface area contributed by atoms with Crippen molar-refractivity contribution < 1.29 is 22.8 Å². The first-order valence-electron chi connectivity index (χ1n) is 4.21. The predicted octanol–water partition coefficient (Wildman–Crippen LogP) is 1.49. The number of alkyl halides is 3. The van der Waals surface area contributed by atoms with Crippen LogP contribution in [0, 0.1) is 11.3 Å². The van der Waals surface area contributed by atoms with E-state index in [0.29, 0.717) is 6.07 Å². The second-order valence-electron chi connectivity index (χ2n) is 3.08. The summed E-state index contributed by atoms with van der Waals surface area (Å²) in [4.78, 5) is 21.4. The molecule has 0 heterocycles. The molecule has 88 valence electrons. The van der Waals surface area contributed by atoms with Crippen molar-refractivity contribution in [3.63, 3.8) is 0 Å². The first-order valence-corrected chi connectivity index (χ1v) is 4.21. The molecular formula is C10H5F3N2O2. The van der Waals surface area contributed by atoms with Crippen LogP contribution in [-0.4, -0.2) is 12.2 Å². The minimum atomic E-state index is -4.87. The van der Waals surface area contributed by atoms with Crippen LogP contribution in [0.1, 0.15) is 31.8 Å². The monoisotopic (exact) mass is 242 g/mol. The van der Waals surface area contributed by atoms with Crippen LogP contribution in [0.3, 0.4) is 0 Å². The number of carbonyl (C=O) groups is 2. The Bertz CT molecular complexity index is 530. The van der Waals surface area contributed by atoms with Crippen LogP contribution in [0.15, 0.2) is 12.1 Å². The van der Waals surface area contributed by atoms with Gasteiger partial charge in [-0.1, -0.05) is 0 Å². The lowest BCUT2D eigenvalue weighted by Crippen LogP contribution is -2.21. The van der Waals surface area contributed by atoms with Gasteiger partial charge in [0.2, 0.25) is 0 Å². The topological polar surface area (TPSA) is 83.9 Å². The zero-order chi connectivity index (χ0) is 13.2. The number of hydrogen-bond acceptors (Lipinski definition) is 3. The maximum atomic E-state index is 12.6. The standard InChI is InChI=1S/C10H5F3N2O2/c11-10(12,13)7-2-5(4-16)1-6(3-14)8(7)9(15)17/h1-2,4H,(H2,15,17). The average molecular weight is 242 g/mol. The number of nitrogens with zero attached hydrogens (tertiary/aromatic N) is 1. The highest BCUT2D eigenvalue weighted by Crippen LogP contribution is 2.33. The summed E-state index contributed by atoms with van der Waals surface area (Å²) in [6.07, 6.45) is -4.71. The van der Waals surface area contributed by atoms with E-state index in [1.54, 1.807) is 0 Å². The van der Waals surface area contributed by atoms with E-state index < -0.39 is 28.8 Å². The van der Waals surface area contributed by atoms with Crippen LogP contribution >= 0.6 is 0 Å². The number of hydrogen-bond donors (Lipinski definition) is 1. The quantitative estimate of drug-likeness (QED) is 0.797. The second-order valence-corrected chi connectivity index (χ2v) is 3.08. The lowest BCUT2D eigenvalue weighted by Gasteiger charge is -2.12. The minimum Gasteiger partial charge on any atom is -0.366 e. The van der Waals surface area contributed by atoms with E-state index in [9.17, 15) is 22.8 Å². The molecule has 0 unspecified atom stereocenters. The summed E-state index contributed by atoms with van der Waals surface area (Å²) in [5, 5.41) is 8.64. The fourth-order valence-electron chi connectivity index (χ4n) is 1.31.